The van der Waals surface area contributed by atoms with E-state index in [0.29, 0.717) is 24.5 Å². The lowest BCUT2D eigenvalue weighted by Crippen LogP contribution is -2.33. The highest BCUT2D eigenvalue weighted by Crippen LogP contribution is 2.24. The molecule has 0 unspecified atom stereocenters. The maximum absolute atomic E-state index is 12.5. The molecule has 0 aliphatic carbocycles. The average Bonchev–Trinajstić information content (AvgIpc) is 2.61. The summed E-state index contributed by atoms with van der Waals surface area (Å²) >= 11 is 0. The minimum Gasteiger partial charge on any atom is -0.487 e. The minimum absolute atomic E-state index is 0.154. The molecule has 0 radical (unpaired) electrons. The van der Waals surface area contributed by atoms with Gasteiger partial charge in [0.15, 0.2) is 0 Å². The van der Waals surface area contributed by atoms with Crippen LogP contribution in [0, 0.1) is 0 Å². The van der Waals surface area contributed by atoms with E-state index in [9.17, 15) is 4.79 Å². The van der Waals surface area contributed by atoms with Crippen LogP contribution < -0.4 is 10.5 Å². The number of ether oxygens (including phenoxy) is 1. The van der Waals surface area contributed by atoms with E-state index in [1.807, 2.05) is 53.4 Å². The monoisotopic (exact) mass is 340 g/mol. The number of carbonyl (C=O) groups excluding carboxylic acids is 1. The van der Waals surface area contributed by atoms with Gasteiger partial charge in [-0.3, -0.25) is 4.79 Å². The Morgan fingerprint density at radius 2 is 1.68 bits per heavy atom. The predicted molar refractivity (Wildman–Crippen MR) is 102 cm³/mol. The van der Waals surface area contributed by atoms with Crippen molar-refractivity contribution in [1.29, 1.82) is 0 Å². The smallest absolute Gasteiger partial charge is 0.226 e. The van der Waals surface area contributed by atoms with Crippen molar-refractivity contribution in [1.82, 2.24) is 4.90 Å². The average molecular weight is 340 g/mol. The Kier molecular flexibility index (Phi) is 7.33. The lowest BCUT2D eigenvalue weighted by molar-refractivity contribution is -0.130. The van der Waals surface area contributed by atoms with Crippen LogP contribution in [0.2, 0.25) is 0 Å². The number of benzene rings is 2. The van der Waals surface area contributed by atoms with Gasteiger partial charge in [0.1, 0.15) is 12.4 Å². The molecule has 0 saturated heterocycles. The van der Waals surface area contributed by atoms with E-state index in [0.717, 1.165) is 37.1 Å². The van der Waals surface area contributed by atoms with Crippen LogP contribution in [-0.2, 0) is 17.8 Å². The number of nitrogen functional groups attached to an aromatic ring is 1. The summed E-state index contributed by atoms with van der Waals surface area (Å²) in [6.07, 6.45) is 2.32. The minimum atomic E-state index is 0.154. The van der Waals surface area contributed by atoms with Crippen LogP contribution in [0.15, 0.2) is 48.5 Å². The summed E-state index contributed by atoms with van der Waals surface area (Å²) < 4.78 is 5.79. The van der Waals surface area contributed by atoms with Crippen molar-refractivity contribution in [3.8, 4) is 5.75 Å². The molecule has 4 heteroatoms. The molecule has 0 aliphatic rings. The molecule has 0 aromatic heterocycles. The van der Waals surface area contributed by atoms with E-state index in [1.165, 1.54) is 0 Å². The molecule has 25 heavy (non-hydrogen) atoms. The van der Waals surface area contributed by atoms with E-state index in [2.05, 4.69) is 13.8 Å². The van der Waals surface area contributed by atoms with Gasteiger partial charge >= 0.3 is 0 Å². The van der Waals surface area contributed by atoms with Crippen molar-refractivity contribution < 1.29 is 9.53 Å². The number of nitrogens with zero attached hydrogens (tertiary/aromatic N) is 1. The third-order valence-corrected chi connectivity index (χ3v) is 4.01. The number of anilines is 1. The Morgan fingerprint density at radius 1 is 1.00 bits per heavy atom. The summed E-state index contributed by atoms with van der Waals surface area (Å²) in [5.41, 5.74) is 8.69. The zero-order valence-corrected chi connectivity index (χ0v) is 15.2. The van der Waals surface area contributed by atoms with Gasteiger partial charge in [0.05, 0.1) is 12.1 Å². The van der Waals surface area contributed by atoms with Gasteiger partial charge in [0.2, 0.25) is 5.91 Å². The zero-order chi connectivity index (χ0) is 18.1. The Morgan fingerprint density at radius 3 is 2.28 bits per heavy atom. The van der Waals surface area contributed by atoms with E-state index in [4.69, 9.17) is 10.5 Å². The molecule has 0 atom stereocenters. The molecule has 0 bridgehead atoms. The highest BCUT2D eigenvalue weighted by molar-refractivity contribution is 5.79. The molecular formula is C21H28N2O2. The van der Waals surface area contributed by atoms with E-state index in [-0.39, 0.29) is 5.91 Å². The molecule has 2 N–H and O–H groups in total. The van der Waals surface area contributed by atoms with Crippen molar-refractivity contribution in [2.45, 2.75) is 39.7 Å². The largest absolute Gasteiger partial charge is 0.487 e. The molecule has 1 amide bonds. The van der Waals surface area contributed by atoms with Gasteiger partial charge in [-0.15, -0.1) is 0 Å². The normalized spacial score (nSPS) is 10.5. The fourth-order valence-electron chi connectivity index (χ4n) is 2.76. The summed E-state index contributed by atoms with van der Waals surface area (Å²) in [6.45, 7) is 6.27. The first-order chi connectivity index (χ1) is 12.1. The zero-order valence-electron chi connectivity index (χ0n) is 15.2. The first-order valence-electron chi connectivity index (χ1n) is 8.97. The first-order valence-corrected chi connectivity index (χ1v) is 8.97. The molecule has 0 spiro atoms. The van der Waals surface area contributed by atoms with Gasteiger partial charge in [-0.1, -0.05) is 50.2 Å². The molecule has 134 valence electrons. The summed E-state index contributed by atoms with van der Waals surface area (Å²) in [5.74, 6) is 0.806. The van der Waals surface area contributed by atoms with Crippen molar-refractivity contribution in [3.63, 3.8) is 0 Å². The molecule has 0 fully saturated rings. The lowest BCUT2D eigenvalue weighted by atomic mass is 10.1. The van der Waals surface area contributed by atoms with Gasteiger partial charge in [-0.2, -0.15) is 0 Å². The summed E-state index contributed by atoms with van der Waals surface area (Å²) in [4.78, 5) is 14.4. The summed E-state index contributed by atoms with van der Waals surface area (Å²) in [5, 5.41) is 0. The van der Waals surface area contributed by atoms with Crippen LogP contribution in [0.3, 0.4) is 0 Å². The number of nitrogens with two attached hydrogens (primary N) is 1. The van der Waals surface area contributed by atoms with Crippen molar-refractivity contribution >= 4 is 11.6 Å². The van der Waals surface area contributed by atoms with Crippen molar-refractivity contribution in [2.75, 3.05) is 18.8 Å². The second kappa shape index (κ2) is 9.72. The van der Waals surface area contributed by atoms with Gasteiger partial charge in [0, 0.05) is 13.1 Å². The lowest BCUT2D eigenvalue weighted by Gasteiger charge is -2.21. The molecule has 2 aromatic rings. The summed E-state index contributed by atoms with van der Waals surface area (Å²) in [6, 6.07) is 15.6. The maximum Gasteiger partial charge on any atom is 0.226 e. The Bertz CT molecular complexity index is 665. The molecule has 0 heterocycles. The Labute approximate surface area is 150 Å². The Balaban J connectivity index is 1.97. The molecule has 4 nitrogen and oxygen atoms in total. The topological polar surface area (TPSA) is 55.6 Å². The predicted octanol–water partition coefficient (Wildman–Crippen LogP) is 4.04. The molecule has 2 rings (SSSR count). The second-order valence-corrected chi connectivity index (χ2v) is 6.20. The van der Waals surface area contributed by atoms with E-state index < -0.39 is 0 Å². The van der Waals surface area contributed by atoms with Crippen LogP contribution in [-0.4, -0.2) is 23.9 Å². The van der Waals surface area contributed by atoms with E-state index in [1.54, 1.807) is 0 Å². The number of hydrogen-bond donors (Lipinski definition) is 1. The van der Waals surface area contributed by atoms with Crippen LogP contribution in [0.1, 0.15) is 37.8 Å². The maximum atomic E-state index is 12.5. The third-order valence-electron chi connectivity index (χ3n) is 4.01. The second-order valence-electron chi connectivity index (χ2n) is 6.20. The SMILES string of the molecule is CCCN(CCC)C(=O)Cc1ccc(OCc2ccccc2)c(N)c1. The van der Waals surface area contributed by atoms with Gasteiger partial charge in [-0.05, 0) is 36.1 Å². The summed E-state index contributed by atoms with van der Waals surface area (Å²) in [7, 11) is 0. The molecule has 0 saturated carbocycles. The first kappa shape index (κ1) is 18.8. The van der Waals surface area contributed by atoms with E-state index >= 15 is 0 Å². The number of carbonyl (C=O) groups is 1. The third kappa shape index (κ3) is 5.82. The molecule has 0 aliphatic heterocycles. The number of rotatable bonds is 9. The molecule has 2 aromatic carbocycles. The number of hydrogen-bond acceptors (Lipinski definition) is 3. The standard InChI is InChI=1S/C21H28N2O2/c1-3-12-23(13-4-2)21(24)15-18-10-11-20(19(22)14-18)25-16-17-8-6-5-7-9-17/h5-11,14H,3-4,12-13,15-16,22H2,1-2H3. The molecular weight excluding hydrogens is 312 g/mol. The fourth-order valence-corrected chi connectivity index (χ4v) is 2.76. The van der Waals surface area contributed by atoms with Gasteiger partial charge in [0.25, 0.3) is 0 Å². The van der Waals surface area contributed by atoms with Crippen LogP contribution in [0.5, 0.6) is 5.75 Å². The highest BCUT2D eigenvalue weighted by Gasteiger charge is 2.13. The van der Waals surface area contributed by atoms with Gasteiger partial charge in [-0.25, -0.2) is 0 Å². The quantitative estimate of drug-likeness (QED) is 0.701. The highest BCUT2D eigenvalue weighted by atomic mass is 16.5. The fraction of sp³-hybridized carbons (Fsp3) is 0.381. The van der Waals surface area contributed by atoms with Crippen molar-refractivity contribution in [3.05, 3.63) is 59.7 Å². The van der Waals surface area contributed by atoms with Gasteiger partial charge < -0.3 is 15.4 Å². The van der Waals surface area contributed by atoms with Crippen LogP contribution in [0.4, 0.5) is 5.69 Å². The van der Waals surface area contributed by atoms with Crippen LogP contribution in [0.25, 0.3) is 0 Å². The Hall–Kier alpha value is -2.49. The van der Waals surface area contributed by atoms with Crippen molar-refractivity contribution in [2.24, 2.45) is 0 Å². The number of amides is 1. The van der Waals surface area contributed by atoms with Crippen LogP contribution >= 0.6 is 0 Å².